The number of aromatic nitrogens is 1. The summed E-state index contributed by atoms with van der Waals surface area (Å²) in [5.41, 5.74) is 0.349. The van der Waals surface area contributed by atoms with Crippen molar-refractivity contribution in [2.45, 2.75) is 13.3 Å². The van der Waals surface area contributed by atoms with Gasteiger partial charge in [-0.3, -0.25) is 4.79 Å². The second kappa shape index (κ2) is 7.04. The summed E-state index contributed by atoms with van der Waals surface area (Å²) in [5.74, 6) is 5.01. The highest BCUT2D eigenvalue weighted by Gasteiger charge is 2.09. The number of carbonyl (C=O) groups excluding carboxylic acids is 1. The van der Waals surface area contributed by atoms with E-state index in [2.05, 4.69) is 16.8 Å². The van der Waals surface area contributed by atoms with E-state index in [-0.39, 0.29) is 15.8 Å². The van der Waals surface area contributed by atoms with Crippen LogP contribution in [0.5, 0.6) is 0 Å². The van der Waals surface area contributed by atoms with Crippen LogP contribution in [-0.2, 0) is 4.79 Å². The van der Waals surface area contributed by atoms with Crippen molar-refractivity contribution in [1.29, 1.82) is 0 Å². The normalized spacial score (nSPS) is 9.44. The summed E-state index contributed by atoms with van der Waals surface area (Å²) < 4.78 is 0. The van der Waals surface area contributed by atoms with Gasteiger partial charge in [-0.1, -0.05) is 35.2 Å². The van der Waals surface area contributed by atoms with Crippen molar-refractivity contribution >= 4 is 34.4 Å². The summed E-state index contributed by atoms with van der Waals surface area (Å²) in [6, 6.07) is 1.26. The van der Waals surface area contributed by atoms with Gasteiger partial charge in [-0.25, -0.2) is 9.78 Å². The number of hydrogen-bond acceptors (Lipinski definition) is 4. The molecule has 0 aliphatic rings. The second-order valence-corrected chi connectivity index (χ2v) is 4.91. The lowest BCUT2D eigenvalue weighted by Crippen LogP contribution is -2.01. The topological polar surface area (TPSA) is 67.3 Å². The molecule has 0 fully saturated rings. The maximum absolute atomic E-state index is 10.9. The zero-order valence-corrected chi connectivity index (χ0v) is 11.1. The van der Waals surface area contributed by atoms with E-state index in [9.17, 15) is 9.59 Å². The molecule has 1 aromatic rings. The number of aromatic carboxylic acids is 1. The van der Waals surface area contributed by atoms with Crippen molar-refractivity contribution in [2.24, 2.45) is 0 Å². The van der Waals surface area contributed by atoms with Gasteiger partial charge in [0.15, 0.2) is 5.12 Å². The predicted molar refractivity (Wildman–Crippen MR) is 70.8 cm³/mol. The summed E-state index contributed by atoms with van der Waals surface area (Å²) in [4.78, 5) is 25.4. The molecule has 0 amide bonds. The van der Waals surface area contributed by atoms with Crippen LogP contribution in [0.4, 0.5) is 0 Å². The first-order valence-electron chi connectivity index (χ1n) is 5.02. The van der Waals surface area contributed by atoms with Gasteiger partial charge in [0.25, 0.3) is 0 Å². The minimum Gasteiger partial charge on any atom is -0.478 e. The Morgan fingerprint density at radius 1 is 1.56 bits per heavy atom. The lowest BCUT2D eigenvalue weighted by molar-refractivity contribution is -0.109. The summed E-state index contributed by atoms with van der Waals surface area (Å²) in [6.45, 7) is 1.49. The largest absolute Gasteiger partial charge is 0.478 e. The molecule has 0 saturated carbocycles. The number of thioether (sulfide) groups is 1. The van der Waals surface area contributed by atoms with E-state index < -0.39 is 5.97 Å². The lowest BCUT2D eigenvalue weighted by atomic mass is 10.1. The molecule has 0 aromatic carbocycles. The molecule has 1 rings (SSSR count). The molecule has 0 saturated heterocycles. The molecule has 0 bridgehead atoms. The zero-order chi connectivity index (χ0) is 13.5. The molecule has 4 nitrogen and oxygen atoms in total. The van der Waals surface area contributed by atoms with Crippen molar-refractivity contribution in [1.82, 2.24) is 4.98 Å². The Balaban J connectivity index is 2.75. The number of hydrogen-bond donors (Lipinski definition) is 1. The summed E-state index contributed by atoms with van der Waals surface area (Å²) in [7, 11) is 0. The predicted octanol–water partition coefficient (Wildman–Crippen LogP) is 2.45. The van der Waals surface area contributed by atoms with Gasteiger partial charge < -0.3 is 5.11 Å². The van der Waals surface area contributed by atoms with E-state index in [1.54, 1.807) is 0 Å². The average molecular weight is 284 g/mol. The Morgan fingerprint density at radius 3 is 2.89 bits per heavy atom. The van der Waals surface area contributed by atoms with Crippen LogP contribution in [-0.4, -0.2) is 26.9 Å². The summed E-state index contributed by atoms with van der Waals surface area (Å²) >= 11 is 6.80. The molecule has 18 heavy (non-hydrogen) atoms. The van der Waals surface area contributed by atoms with Crippen LogP contribution in [0.15, 0.2) is 12.3 Å². The monoisotopic (exact) mass is 283 g/mol. The van der Waals surface area contributed by atoms with Crippen LogP contribution >= 0.6 is 23.4 Å². The second-order valence-electron chi connectivity index (χ2n) is 3.25. The zero-order valence-electron chi connectivity index (χ0n) is 9.57. The van der Waals surface area contributed by atoms with Crippen molar-refractivity contribution in [2.75, 3.05) is 5.75 Å². The molecule has 94 valence electrons. The molecule has 1 heterocycles. The Morgan fingerprint density at radius 2 is 2.28 bits per heavy atom. The van der Waals surface area contributed by atoms with Crippen LogP contribution in [0.3, 0.4) is 0 Å². The van der Waals surface area contributed by atoms with E-state index in [1.165, 1.54) is 30.9 Å². The van der Waals surface area contributed by atoms with Crippen molar-refractivity contribution in [3.8, 4) is 11.8 Å². The van der Waals surface area contributed by atoms with E-state index in [4.69, 9.17) is 16.7 Å². The molecule has 0 aliphatic heterocycles. The van der Waals surface area contributed by atoms with Crippen LogP contribution < -0.4 is 0 Å². The molecule has 0 radical (unpaired) electrons. The first-order valence-corrected chi connectivity index (χ1v) is 6.38. The molecule has 0 atom stereocenters. The van der Waals surface area contributed by atoms with Gasteiger partial charge in [-0.15, -0.1) is 0 Å². The number of nitrogens with zero attached hydrogens (tertiary/aromatic N) is 1. The number of carboxylic acid groups (broad SMARTS) is 1. The first kappa shape index (κ1) is 14.6. The van der Waals surface area contributed by atoms with Crippen LogP contribution in [0.25, 0.3) is 0 Å². The fourth-order valence-corrected chi connectivity index (χ4v) is 1.76. The third-order valence-corrected chi connectivity index (χ3v) is 2.88. The van der Waals surface area contributed by atoms with Crippen LogP contribution in [0.1, 0.15) is 29.3 Å². The fraction of sp³-hybridized carbons (Fsp3) is 0.250. The van der Waals surface area contributed by atoms with Gasteiger partial charge in [0.1, 0.15) is 5.15 Å². The fourth-order valence-electron chi connectivity index (χ4n) is 1.11. The Bertz CT molecular complexity index is 534. The molecular weight excluding hydrogens is 274 g/mol. The van der Waals surface area contributed by atoms with Gasteiger partial charge in [-0.2, -0.15) is 0 Å². The van der Waals surface area contributed by atoms with E-state index in [0.717, 1.165) is 0 Å². The Hall–Kier alpha value is -1.51. The highest BCUT2D eigenvalue weighted by molar-refractivity contribution is 8.13. The minimum absolute atomic E-state index is 0.0294. The maximum atomic E-state index is 10.9. The smallest absolute Gasteiger partial charge is 0.337 e. The third-order valence-electron chi connectivity index (χ3n) is 1.86. The van der Waals surface area contributed by atoms with Crippen molar-refractivity contribution in [3.63, 3.8) is 0 Å². The summed E-state index contributed by atoms with van der Waals surface area (Å²) in [6.07, 6.45) is 1.84. The average Bonchev–Trinajstić information content (AvgIpc) is 2.29. The number of rotatable bonds is 3. The molecule has 0 unspecified atom stereocenters. The highest BCUT2D eigenvalue weighted by Crippen LogP contribution is 2.12. The van der Waals surface area contributed by atoms with Gasteiger partial charge >= 0.3 is 5.97 Å². The van der Waals surface area contributed by atoms with E-state index in [1.807, 2.05) is 0 Å². The Kier molecular flexibility index (Phi) is 5.69. The van der Waals surface area contributed by atoms with Gasteiger partial charge in [0.2, 0.25) is 0 Å². The number of carbonyl (C=O) groups is 2. The first-order chi connectivity index (χ1) is 8.50. The molecular formula is C12H10ClNO3S. The van der Waals surface area contributed by atoms with Gasteiger partial charge in [-0.05, 0) is 6.07 Å². The minimum atomic E-state index is -1.10. The molecule has 6 heteroatoms. The van der Waals surface area contributed by atoms with Gasteiger partial charge in [0, 0.05) is 25.3 Å². The summed E-state index contributed by atoms with van der Waals surface area (Å²) in [5, 5.41) is 9.12. The SMILES string of the molecule is CC(=O)SCCC#Cc1cnc(Cl)cc1C(=O)O. The molecule has 0 aliphatic carbocycles. The van der Waals surface area contributed by atoms with E-state index in [0.29, 0.717) is 17.7 Å². The highest BCUT2D eigenvalue weighted by atomic mass is 35.5. The third kappa shape index (κ3) is 4.78. The number of pyridine rings is 1. The molecule has 1 N–H and O–H groups in total. The van der Waals surface area contributed by atoms with E-state index >= 15 is 0 Å². The quantitative estimate of drug-likeness (QED) is 0.524. The number of halogens is 1. The Labute approximate surface area is 114 Å². The maximum Gasteiger partial charge on any atom is 0.337 e. The molecule has 0 spiro atoms. The van der Waals surface area contributed by atoms with Crippen LogP contribution in [0, 0.1) is 11.8 Å². The van der Waals surface area contributed by atoms with Gasteiger partial charge in [0.05, 0.1) is 11.1 Å². The molecule has 1 aromatic heterocycles. The van der Waals surface area contributed by atoms with Crippen molar-refractivity contribution in [3.05, 3.63) is 28.5 Å². The lowest BCUT2D eigenvalue weighted by Gasteiger charge is -1.98. The van der Waals surface area contributed by atoms with Crippen LogP contribution in [0.2, 0.25) is 5.15 Å². The number of carboxylic acids is 1. The van der Waals surface area contributed by atoms with Crippen molar-refractivity contribution < 1.29 is 14.7 Å². The standard InChI is InChI=1S/C12H10ClNO3S/c1-8(15)18-5-3-2-4-9-7-14-11(13)6-10(9)12(16)17/h6-7H,3,5H2,1H3,(H,16,17).